The number of aromatic nitrogens is 1. The molecule has 2 heterocycles. The monoisotopic (exact) mass is 313 g/mol. The Balaban J connectivity index is 1.78. The maximum atomic E-state index is 5.88. The van der Waals surface area contributed by atoms with Crippen LogP contribution in [-0.4, -0.2) is 24.1 Å². The molecule has 6 nitrogen and oxygen atoms in total. The topological polar surface area (TPSA) is 65.0 Å². The van der Waals surface area contributed by atoms with Crippen molar-refractivity contribution in [2.24, 2.45) is 5.10 Å². The zero-order valence-electron chi connectivity index (χ0n) is 13.2. The molecule has 1 aromatic carbocycles. The molecule has 120 valence electrons. The summed E-state index contributed by atoms with van der Waals surface area (Å²) in [4.78, 5) is 4.00. The van der Waals surface area contributed by atoms with Crippen LogP contribution in [0.15, 0.2) is 47.8 Å². The summed E-state index contributed by atoms with van der Waals surface area (Å²) in [6.45, 7) is 5.03. The summed E-state index contributed by atoms with van der Waals surface area (Å²) >= 11 is 0. The van der Waals surface area contributed by atoms with Crippen molar-refractivity contribution in [3.63, 3.8) is 0 Å². The SMILES string of the molecule is CCOc1ccc(C2=NNC(c3ccncc3)O2)cc1OCC. The van der Waals surface area contributed by atoms with Gasteiger partial charge >= 0.3 is 0 Å². The average molecular weight is 313 g/mol. The molecule has 0 fully saturated rings. The van der Waals surface area contributed by atoms with Crippen LogP contribution in [0.3, 0.4) is 0 Å². The van der Waals surface area contributed by atoms with Crippen LogP contribution < -0.4 is 14.9 Å². The predicted molar refractivity (Wildman–Crippen MR) is 86.5 cm³/mol. The molecule has 6 heteroatoms. The van der Waals surface area contributed by atoms with Gasteiger partial charge < -0.3 is 14.2 Å². The van der Waals surface area contributed by atoms with E-state index in [0.717, 1.165) is 16.9 Å². The molecule has 1 atom stereocenters. The largest absolute Gasteiger partial charge is 0.490 e. The van der Waals surface area contributed by atoms with Gasteiger partial charge in [0.05, 0.1) is 13.2 Å². The number of hydrazone groups is 1. The summed E-state index contributed by atoms with van der Waals surface area (Å²) in [6, 6.07) is 9.43. The number of hydrogen-bond donors (Lipinski definition) is 1. The van der Waals surface area contributed by atoms with Crippen molar-refractivity contribution in [2.75, 3.05) is 13.2 Å². The van der Waals surface area contributed by atoms with Gasteiger partial charge in [-0.05, 0) is 44.2 Å². The third-order valence-corrected chi connectivity index (χ3v) is 3.31. The summed E-state index contributed by atoms with van der Waals surface area (Å²) in [5, 5.41) is 4.27. The third-order valence-electron chi connectivity index (χ3n) is 3.31. The van der Waals surface area contributed by atoms with Crippen molar-refractivity contribution in [3.05, 3.63) is 53.9 Å². The smallest absolute Gasteiger partial charge is 0.240 e. The number of benzene rings is 1. The third kappa shape index (κ3) is 3.36. The second kappa shape index (κ2) is 7.00. The van der Waals surface area contributed by atoms with E-state index in [1.807, 2.05) is 44.2 Å². The van der Waals surface area contributed by atoms with E-state index >= 15 is 0 Å². The van der Waals surface area contributed by atoms with Crippen LogP contribution in [0.4, 0.5) is 0 Å². The van der Waals surface area contributed by atoms with Crippen molar-refractivity contribution in [1.29, 1.82) is 0 Å². The summed E-state index contributed by atoms with van der Waals surface area (Å²) in [5.41, 5.74) is 4.78. The number of hydrogen-bond acceptors (Lipinski definition) is 6. The van der Waals surface area contributed by atoms with Crippen LogP contribution in [0.25, 0.3) is 0 Å². The molecule has 1 aliphatic rings. The van der Waals surface area contributed by atoms with Crippen LogP contribution in [-0.2, 0) is 4.74 Å². The Morgan fingerprint density at radius 3 is 2.52 bits per heavy atom. The van der Waals surface area contributed by atoms with Crippen molar-refractivity contribution >= 4 is 5.90 Å². The van der Waals surface area contributed by atoms with Gasteiger partial charge in [-0.15, -0.1) is 5.10 Å². The Morgan fingerprint density at radius 1 is 1.04 bits per heavy atom. The highest BCUT2D eigenvalue weighted by Crippen LogP contribution is 2.30. The minimum absolute atomic E-state index is 0.310. The first-order chi connectivity index (χ1) is 11.3. The molecule has 0 aliphatic carbocycles. The second-order valence-electron chi connectivity index (χ2n) is 4.85. The Bertz CT molecular complexity index is 689. The van der Waals surface area contributed by atoms with E-state index in [2.05, 4.69) is 15.5 Å². The van der Waals surface area contributed by atoms with E-state index in [4.69, 9.17) is 14.2 Å². The summed E-state index contributed by atoms with van der Waals surface area (Å²) in [6.07, 6.45) is 3.14. The molecule has 0 spiro atoms. The second-order valence-corrected chi connectivity index (χ2v) is 4.85. The van der Waals surface area contributed by atoms with Gasteiger partial charge in [0.15, 0.2) is 11.5 Å². The Morgan fingerprint density at radius 2 is 1.78 bits per heavy atom. The highest BCUT2D eigenvalue weighted by Gasteiger charge is 2.23. The standard InChI is InChI=1S/C17H19N3O3/c1-3-21-14-6-5-13(11-15(14)22-4-2)17-20-19-16(23-17)12-7-9-18-10-8-12/h5-11,16,19H,3-4H2,1-2H3. The quantitative estimate of drug-likeness (QED) is 0.888. The average Bonchev–Trinajstić information content (AvgIpc) is 3.08. The molecule has 1 aromatic heterocycles. The van der Waals surface area contributed by atoms with E-state index in [9.17, 15) is 0 Å². The fraction of sp³-hybridized carbons (Fsp3) is 0.294. The molecule has 1 aliphatic heterocycles. The van der Waals surface area contributed by atoms with Gasteiger partial charge in [0, 0.05) is 23.5 Å². The number of pyridine rings is 1. The van der Waals surface area contributed by atoms with Gasteiger partial charge in [-0.25, -0.2) is 0 Å². The minimum Gasteiger partial charge on any atom is -0.490 e. The number of nitrogens with zero attached hydrogens (tertiary/aromatic N) is 2. The lowest BCUT2D eigenvalue weighted by Crippen LogP contribution is -2.12. The fourth-order valence-corrected chi connectivity index (χ4v) is 2.28. The van der Waals surface area contributed by atoms with E-state index in [0.29, 0.717) is 24.9 Å². The molecule has 0 saturated heterocycles. The Hall–Kier alpha value is -2.76. The van der Waals surface area contributed by atoms with Crippen molar-refractivity contribution in [2.45, 2.75) is 20.1 Å². The van der Waals surface area contributed by atoms with Crippen LogP contribution in [0.5, 0.6) is 11.5 Å². The molecule has 23 heavy (non-hydrogen) atoms. The van der Waals surface area contributed by atoms with Gasteiger partial charge in [-0.2, -0.15) is 0 Å². The Labute approximate surface area is 135 Å². The fourth-order valence-electron chi connectivity index (χ4n) is 2.28. The zero-order valence-corrected chi connectivity index (χ0v) is 13.2. The van der Waals surface area contributed by atoms with Crippen LogP contribution in [0.2, 0.25) is 0 Å². The van der Waals surface area contributed by atoms with Crippen molar-refractivity contribution in [1.82, 2.24) is 10.4 Å². The van der Waals surface area contributed by atoms with E-state index in [-0.39, 0.29) is 6.23 Å². The molecule has 0 radical (unpaired) electrons. The number of ether oxygens (including phenoxy) is 3. The summed E-state index contributed by atoms with van der Waals surface area (Å²) in [7, 11) is 0. The molecular weight excluding hydrogens is 294 g/mol. The number of rotatable bonds is 6. The molecule has 3 rings (SSSR count). The first kappa shape index (κ1) is 15.1. The zero-order chi connectivity index (χ0) is 16.1. The molecule has 0 amide bonds. The van der Waals surface area contributed by atoms with Crippen molar-refractivity contribution < 1.29 is 14.2 Å². The molecule has 0 bridgehead atoms. The van der Waals surface area contributed by atoms with Crippen LogP contribution in [0, 0.1) is 0 Å². The molecule has 0 saturated carbocycles. The van der Waals surface area contributed by atoms with Gasteiger partial charge in [0.2, 0.25) is 12.1 Å². The van der Waals surface area contributed by atoms with Gasteiger partial charge in [0.25, 0.3) is 0 Å². The predicted octanol–water partition coefficient (Wildman–Crippen LogP) is 2.86. The maximum Gasteiger partial charge on any atom is 0.240 e. The number of nitrogens with one attached hydrogen (secondary N) is 1. The van der Waals surface area contributed by atoms with Crippen LogP contribution in [0.1, 0.15) is 31.2 Å². The lowest BCUT2D eigenvalue weighted by atomic mass is 10.2. The van der Waals surface area contributed by atoms with E-state index in [1.54, 1.807) is 12.4 Å². The highest BCUT2D eigenvalue weighted by atomic mass is 16.5. The normalized spacial score (nSPS) is 16.3. The van der Waals surface area contributed by atoms with Gasteiger partial charge in [-0.3, -0.25) is 10.4 Å². The molecule has 1 unspecified atom stereocenters. The maximum absolute atomic E-state index is 5.88. The molecular formula is C17H19N3O3. The first-order valence-corrected chi connectivity index (χ1v) is 7.61. The van der Waals surface area contributed by atoms with Gasteiger partial charge in [-0.1, -0.05) is 0 Å². The van der Waals surface area contributed by atoms with Crippen LogP contribution >= 0.6 is 0 Å². The molecule has 1 N–H and O–H groups in total. The molecule has 2 aromatic rings. The lowest BCUT2D eigenvalue weighted by Gasteiger charge is -2.13. The van der Waals surface area contributed by atoms with Crippen molar-refractivity contribution in [3.8, 4) is 11.5 Å². The van der Waals surface area contributed by atoms with Gasteiger partial charge in [0.1, 0.15) is 0 Å². The first-order valence-electron chi connectivity index (χ1n) is 7.61. The van der Waals surface area contributed by atoms with E-state index < -0.39 is 0 Å². The van der Waals surface area contributed by atoms with E-state index in [1.165, 1.54) is 0 Å². The Kier molecular flexibility index (Phi) is 4.61. The summed E-state index contributed by atoms with van der Waals surface area (Å²) in [5.74, 6) is 1.93. The summed E-state index contributed by atoms with van der Waals surface area (Å²) < 4.78 is 17.1. The highest BCUT2D eigenvalue weighted by molar-refractivity contribution is 5.95. The minimum atomic E-state index is -0.310. The lowest BCUT2D eigenvalue weighted by molar-refractivity contribution is 0.191.